The molecule has 0 saturated heterocycles. The number of hydrogen-bond donors (Lipinski definition) is 2. The minimum atomic E-state index is 0.141. The second-order valence-corrected chi connectivity index (χ2v) is 4.56. The van der Waals surface area contributed by atoms with E-state index < -0.39 is 0 Å². The van der Waals surface area contributed by atoms with E-state index in [0.717, 1.165) is 30.4 Å². The van der Waals surface area contributed by atoms with Crippen molar-refractivity contribution in [3.63, 3.8) is 0 Å². The first-order valence-electron chi connectivity index (χ1n) is 7.45. The lowest BCUT2D eigenvalue weighted by Gasteiger charge is -2.17. The van der Waals surface area contributed by atoms with Crippen LogP contribution in [0.5, 0.6) is 0 Å². The van der Waals surface area contributed by atoms with Crippen molar-refractivity contribution in [3.8, 4) is 0 Å². The van der Waals surface area contributed by atoms with E-state index >= 15 is 0 Å². The molecule has 0 aliphatic heterocycles. The zero-order valence-electron chi connectivity index (χ0n) is 13.3. The Bertz CT molecular complexity index is 279. The quantitative estimate of drug-likeness (QED) is 0.614. The molecule has 1 atom stereocenters. The molecule has 0 amide bonds. The molecular weight excluding hydrogens is 234 g/mol. The second-order valence-electron chi connectivity index (χ2n) is 4.56. The van der Waals surface area contributed by atoms with Crippen LogP contribution < -0.4 is 5.73 Å². The number of allylic oxidation sites excluding steroid dienone is 2. The molecule has 112 valence electrons. The number of aliphatic hydroxyl groups is 1. The third kappa shape index (κ3) is 9.69. The molecule has 0 saturated carbocycles. The molecular formula is C17H33NO. The fourth-order valence-electron chi connectivity index (χ4n) is 1.87. The van der Waals surface area contributed by atoms with Gasteiger partial charge in [-0.15, -0.1) is 0 Å². The van der Waals surface area contributed by atoms with Gasteiger partial charge in [-0.3, -0.25) is 0 Å². The lowest BCUT2D eigenvalue weighted by molar-refractivity contribution is 0.300. The Morgan fingerprint density at radius 2 is 1.84 bits per heavy atom. The van der Waals surface area contributed by atoms with Crippen LogP contribution in [0, 0.1) is 5.92 Å². The van der Waals surface area contributed by atoms with Gasteiger partial charge in [-0.1, -0.05) is 58.9 Å². The summed E-state index contributed by atoms with van der Waals surface area (Å²) in [5.74, 6) is 0.486. The standard InChI is InChI=1S/C15H27NO.C2H6/c1-5-6-13(3)14(4)15(7-9-16)11-12(2)8-10-17;1-2/h11,13,17H,2,4-10,16H2,1,3H3;1-2H3/b15-11-;. The Morgan fingerprint density at radius 3 is 2.26 bits per heavy atom. The van der Waals surface area contributed by atoms with Crippen LogP contribution in [-0.4, -0.2) is 18.3 Å². The molecule has 0 heterocycles. The summed E-state index contributed by atoms with van der Waals surface area (Å²) in [4.78, 5) is 0. The predicted molar refractivity (Wildman–Crippen MR) is 87.2 cm³/mol. The third-order valence-corrected chi connectivity index (χ3v) is 2.95. The summed E-state index contributed by atoms with van der Waals surface area (Å²) in [6.07, 6.45) is 5.79. The van der Waals surface area contributed by atoms with Gasteiger partial charge in [0.25, 0.3) is 0 Å². The Balaban J connectivity index is 0. The Morgan fingerprint density at radius 1 is 1.26 bits per heavy atom. The Labute approximate surface area is 120 Å². The van der Waals surface area contributed by atoms with Crippen LogP contribution in [0.3, 0.4) is 0 Å². The molecule has 3 N–H and O–H groups in total. The topological polar surface area (TPSA) is 46.2 Å². The van der Waals surface area contributed by atoms with Crippen molar-refractivity contribution in [2.45, 2.75) is 53.4 Å². The zero-order chi connectivity index (χ0) is 15.3. The van der Waals surface area contributed by atoms with Gasteiger partial charge >= 0.3 is 0 Å². The molecule has 0 aromatic carbocycles. The van der Waals surface area contributed by atoms with Gasteiger partial charge in [0, 0.05) is 6.61 Å². The van der Waals surface area contributed by atoms with Crippen molar-refractivity contribution in [3.05, 3.63) is 36.0 Å². The second kappa shape index (κ2) is 13.6. The van der Waals surface area contributed by atoms with Crippen molar-refractivity contribution < 1.29 is 5.11 Å². The molecule has 0 radical (unpaired) electrons. The molecule has 0 aromatic rings. The minimum absolute atomic E-state index is 0.141. The number of hydrogen-bond acceptors (Lipinski definition) is 2. The fraction of sp³-hybridized carbons (Fsp3) is 0.647. The fourth-order valence-corrected chi connectivity index (χ4v) is 1.87. The van der Waals surface area contributed by atoms with Crippen LogP contribution in [0.15, 0.2) is 36.0 Å². The molecule has 0 aliphatic rings. The minimum Gasteiger partial charge on any atom is -0.396 e. The molecule has 0 aliphatic carbocycles. The van der Waals surface area contributed by atoms with Gasteiger partial charge in [-0.05, 0) is 42.9 Å². The highest BCUT2D eigenvalue weighted by molar-refractivity contribution is 5.36. The summed E-state index contributed by atoms with van der Waals surface area (Å²) >= 11 is 0. The number of aliphatic hydroxyl groups excluding tert-OH is 1. The van der Waals surface area contributed by atoms with Gasteiger partial charge in [-0.25, -0.2) is 0 Å². The summed E-state index contributed by atoms with van der Waals surface area (Å²) in [5.41, 5.74) is 8.93. The van der Waals surface area contributed by atoms with Gasteiger partial charge < -0.3 is 10.8 Å². The molecule has 0 rings (SSSR count). The van der Waals surface area contributed by atoms with Crippen LogP contribution in [0.25, 0.3) is 0 Å². The maximum absolute atomic E-state index is 8.87. The smallest absolute Gasteiger partial charge is 0.0471 e. The van der Waals surface area contributed by atoms with Gasteiger partial charge in [-0.2, -0.15) is 0 Å². The van der Waals surface area contributed by atoms with Crippen molar-refractivity contribution in [1.29, 1.82) is 0 Å². The highest BCUT2D eigenvalue weighted by atomic mass is 16.2. The maximum atomic E-state index is 8.87. The van der Waals surface area contributed by atoms with Gasteiger partial charge in [0.2, 0.25) is 0 Å². The van der Waals surface area contributed by atoms with Crippen LogP contribution in [0.1, 0.15) is 53.4 Å². The maximum Gasteiger partial charge on any atom is 0.0471 e. The lowest BCUT2D eigenvalue weighted by Crippen LogP contribution is -2.07. The summed E-state index contributed by atoms with van der Waals surface area (Å²) < 4.78 is 0. The molecule has 2 nitrogen and oxygen atoms in total. The van der Waals surface area contributed by atoms with Crippen molar-refractivity contribution in [1.82, 2.24) is 0 Å². The first kappa shape index (κ1) is 20.5. The Kier molecular flexibility index (Phi) is 14.6. The van der Waals surface area contributed by atoms with E-state index in [9.17, 15) is 0 Å². The van der Waals surface area contributed by atoms with Gasteiger partial charge in [0.15, 0.2) is 0 Å². The van der Waals surface area contributed by atoms with E-state index in [1.54, 1.807) is 0 Å². The largest absolute Gasteiger partial charge is 0.396 e. The molecule has 19 heavy (non-hydrogen) atoms. The van der Waals surface area contributed by atoms with E-state index in [2.05, 4.69) is 27.0 Å². The SMILES string of the molecule is C=C(/C=C(/CCN)C(=C)C(C)CCC)CCO.CC. The van der Waals surface area contributed by atoms with E-state index in [4.69, 9.17) is 10.8 Å². The third-order valence-electron chi connectivity index (χ3n) is 2.95. The summed E-state index contributed by atoms with van der Waals surface area (Å²) in [7, 11) is 0. The van der Waals surface area contributed by atoms with Crippen molar-refractivity contribution in [2.24, 2.45) is 11.7 Å². The first-order chi connectivity index (χ1) is 9.06. The number of rotatable bonds is 9. The van der Waals surface area contributed by atoms with Gasteiger partial charge in [0.1, 0.15) is 0 Å². The van der Waals surface area contributed by atoms with Crippen LogP contribution in [-0.2, 0) is 0 Å². The number of nitrogens with two attached hydrogens (primary N) is 1. The summed E-state index contributed by atoms with van der Waals surface area (Å²) in [6, 6.07) is 0. The molecule has 0 bridgehead atoms. The average molecular weight is 267 g/mol. The van der Waals surface area contributed by atoms with Crippen molar-refractivity contribution >= 4 is 0 Å². The highest BCUT2D eigenvalue weighted by Gasteiger charge is 2.10. The normalized spacial score (nSPS) is 12.4. The van der Waals surface area contributed by atoms with Crippen molar-refractivity contribution in [2.75, 3.05) is 13.2 Å². The van der Waals surface area contributed by atoms with Crippen LogP contribution in [0.2, 0.25) is 0 Å². The lowest BCUT2D eigenvalue weighted by atomic mass is 9.89. The molecule has 0 fully saturated rings. The van der Waals surface area contributed by atoms with Crippen LogP contribution in [0.4, 0.5) is 0 Å². The highest BCUT2D eigenvalue weighted by Crippen LogP contribution is 2.25. The molecule has 1 unspecified atom stereocenters. The zero-order valence-corrected chi connectivity index (χ0v) is 13.3. The summed E-state index contributed by atoms with van der Waals surface area (Å²) in [6.45, 7) is 17.3. The van der Waals surface area contributed by atoms with Gasteiger partial charge in [0.05, 0.1) is 0 Å². The van der Waals surface area contributed by atoms with E-state index in [-0.39, 0.29) is 6.61 Å². The predicted octanol–water partition coefficient (Wildman–Crippen LogP) is 4.22. The van der Waals surface area contributed by atoms with E-state index in [0.29, 0.717) is 18.9 Å². The summed E-state index contributed by atoms with van der Waals surface area (Å²) in [5, 5.41) is 8.87. The average Bonchev–Trinajstić information content (AvgIpc) is 2.40. The van der Waals surface area contributed by atoms with Crippen LogP contribution >= 0.6 is 0 Å². The first-order valence-corrected chi connectivity index (χ1v) is 7.45. The molecule has 2 heteroatoms. The molecule has 0 spiro atoms. The molecule has 0 aromatic heterocycles. The Hall–Kier alpha value is -0.860. The van der Waals surface area contributed by atoms with E-state index in [1.807, 2.05) is 19.9 Å². The van der Waals surface area contributed by atoms with E-state index in [1.165, 1.54) is 5.57 Å². The monoisotopic (exact) mass is 267 g/mol.